The van der Waals surface area contributed by atoms with Crippen molar-refractivity contribution in [2.75, 3.05) is 13.2 Å². The Labute approximate surface area is 149 Å². The molecular formula is C17H26IN3O. The Kier molecular flexibility index (Phi) is 6.50. The highest BCUT2D eigenvalue weighted by atomic mass is 127. The minimum absolute atomic E-state index is 0. The molecule has 2 fully saturated rings. The number of hydrogen-bond donors (Lipinski definition) is 2. The van der Waals surface area contributed by atoms with E-state index < -0.39 is 0 Å². The lowest BCUT2D eigenvalue weighted by Gasteiger charge is -2.31. The molecule has 0 bridgehead atoms. The van der Waals surface area contributed by atoms with Gasteiger partial charge in [0.1, 0.15) is 0 Å². The molecule has 3 N–H and O–H groups in total. The number of benzene rings is 1. The SMILES string of the molecule is Cc1ccc(C2OCCCC2CN=C(N)NC2CC2)cc1.I. The van der Waals surface area contributed by atoms with Gasteiger partial charge in [-0.3, -0.25) is 4.99 Å². The first kappa shape index (κ1) is 17.5. The van der Waals surface area contributed by atoms with Crippen molar-refractivity contribution in [2.45, 2.75) is 44.8 Å². The van der Waals surface area contributed by atoms with Crippen LogP contribution in [0.4, 0.5) is 0 Å². The van der Waals surface area contributed by atoms with Gasteiger partial charge in [-0.2, -0.15) is 0 Å². The number of aryl methyl sites for hydroxylation is 1. The molecule has 2 aliphatic rings. The molecule has 1 saturated carbocycles. The molecule has 2 atom stereocenters. The standard InChI is InChI=1S/C17H25N3O.HI/c1-12-4-6-13(7-5-12)16-14(3-2-10-21-16)11-19-17(18)20-15-8-9-15;/h4-7,14-16H,2-3,8-11H2,1H3,(H3,18,19,20);1H. The summed E-state index contributed by atoms with van der Waals surface area (Å²) in [6, 6.07) is 9.21. The summed E-state index contributed by atoms with van der Waals surface area (Å²) < 4.78 is 6.01. The molecule has 0 amide bonds. The topological polar surface area (TPSA) is 59.6 Å². The number of hydrogen-bond acceptors (Lipinski definition) is 2. The maximum absolute atomic E-state index is 6.01. The van der Waals surface area contributed by atoms with E-state index in [-0.39, 0.29) is 30.1 Å². The molecule has 4 nitrogen and oxygen atoms in total. The third kappa shape index (κ3) is 4.84. The second-order valence-electron chi connectivity index (χ2n) is 6.25. The van der Waals surface area contributed by atoms with Crippen molar-refractivity contribution in [3.8, 4) is 0 Å². The van der Waals surface area contributed by atoms with Gasteiger partial charge in [-0.05, 0) is 38.2 Å². The van der Waals surface area contributed by atoms with Crippen LogP contribution in [0.2, 0.25) is 0 Å². The summed E-state index contributed by atoms with van der Waals surface area (Å²) in [7, 11) is 0. The van der Waals surface area contributed by atoms with E-state index in [0.29, 0.717) is 17.9 Å². The molecule has 1 aliphatic carbocycles. The average Bonchev–Trinajstić information content (AvgIpc) is 3.30. The normalized spacial score (nSPS) is 25.4. The van der Waals surface area contributed by atoms with Crippen molar-refractivity contribution >= 4 is 29.9 Å². The van der Waals surface area contributed by atoms with Gasteiger partial charge in [0, 0.05) is 25.1 Å². The minimum Gasteiger partial charge on any atom is -0.373 e. The zero-order valence-electron chi connectivity index (χ0n) is 13.1. The van der Waals surface area contributed by atoms with E-state index in [0.717, 1.165) is 26.0 Å². The van der Waals surface area contributed by atoms with Gasteiger partial charge in [0.2, 0.25) is 0 Å². The predicted molar refractivity (Wildman–Crippen MR) is 101 cm³/mol. The summed E-state index contributed by atoms with van der Waals surface area (Å²) in [5.41, 5.74) is 8.47. The van der Waals surface area contributed by atoms with Crippen LogP contribution >= 0.6 is 24.0 Å². The maximum atomic E-state index is 6.01. The van der Waals surface area contributed by atoms with Crippen LogP contribution in [0.25, 0.3) is 0 Å². The van der Waals surface area contributed by atoms with E-state index in [1.54, 1.807) is 0 Å². The van der Waals surface area contributed by atoms with Gasteiger partial charge in [0.25, 0.3) is 0 Å². The maximum Gasteiger partial charge on any atom is 0.188 e. The van der Waals surface area contributed by atoms with Gasteiger partial charge in [-0.15, -0.1) is 24.0 Å². The Morgan fingerprint density at radius 1 is 1.27 bits per heavy atom. The quantitative estimate of drug-likeness (QED) is 0.451. The Balaban J connectivity index is 0.00000176. The number of nitrogens with one attached hydrogen (secondary N) is 1. The van der Waals surface area contributed by atoms with Gasteiger partial charge in [0.05, 0.1) is 6.10 Å². The molecule has 1 saturated heterocycles. The third-order valence-electron chi connectivity index (χ3n) is 4.28. The smallest absolute Gasteiger partial charge is 0.188 e. The zero-order valence-corrected chi connectivity index (χ0v) is 15.5. The molecule has 3 rings (SSSR count). The molecule has 0 spiro atoms. The highest BCUT2D eigenvalue weighted by Crippen LogP contribution is 2.34. The lowest BCUT2D eigenvalue weighted by Crippen LogP contribution is -2.34. The molecule has 2 unspecified atom stereocenters. The van der Waals surface area contributed by atoms with Crippen LogP contribution in [-0.4, -0.2) is 25.2 Å². The molecule has 22 heavy (non-hydrogen) atoms. The minimum atomic E-state index is 0. The summed E-state index contributed by atoms with van der Waals surface area (Å²) in [4.78, 5) is 4.52. The van der Waals surface area contributed by atoms with Gasteiger partial charge < -0.3 is 15.8 Å². The van der Waals surface area contributed by atoms with E-state index in [1.807, 2.05) is 0 Å². The first-order valence-electron chi connectivity index (χ1n) is 7.97. The van der Waals surface area contributed by atoms with Crippen LogP contribution in [0, 0.1) is 12.8 Å². The van der Waals surface area contributed by atoms with Crippen LogP contribution in [0.1, 0.15) is 42.9 Å². The van der Waals surface area contributed by atoms with Crippen molar-refractivity contribution in [1.29, 1.82) is 0 Å². The van der Waals surface area contributed by atoms with E-state index >= 15 is 0 Å². The fraction of sp³-hybridized carbons (Fsp3) is 0.588. The predicted octanol–water partition coefficient (Wildman–Crippen LogP) is 3.15. The van der Waals surface area contributed by atoms with Gasteiger partial charge in [-0.25, -0.2) is 0 Å². The molecule has 0 aromatic heterocycles. The Bertz CT molecular complexity index is 499. The van der Waals surface area contributed by atoms with Gasteiger partial charge >= 0.3 is 0 Å². The molecule has 1 aromatic carbocycles. The fourth-order valence-corrected chi connectivity index (χ4v) is 2.85. The van der Waals surface area contributed by atoms with E-state index in [4.69, 9.17) is 10.5 Å². The molecule has 1 aromatic rings. The molecule has 1 aliphatic heterocycles. The van der Waals surface area contributed by atoms with Crippen LogP contribution in [0.5, 0.6) is 0 Å². The lowest BCUT2D eigenvalue weighted by atomic mass is 9.89. The Hall–Kier alpha value is -0.820. The number of ether oxygens (including phenoxy) is 1. The summed E-state index contributed by atoms with van der Waals surface area (Å²) in [6.45, 7) is 3.69. The number of halogens is 1. The fourth-order valence-electron chi connectivity index (χ4n) is 2.85. The van der Waals surface area contributed by atoms with Crippen molar-refractivity contribution in [2.24, 2.45) is 16.6 Å². The van der Waals surface area contributed by atoms with Crippen LogP contribution in [0.3, 0.4) is 0 Å². The second kappa shape index (κ2) is 8.15. The number of nitrogens with two attached hydrogens (primary N) is 1. The average molecular weight is 415 g/mol. The van der Waals surface area contributed by atoms with Gasteiger partial charge in [0.15, 0.2) is 5.96 Å². The number of aliphatic imine (C=N–C) groups is 1. The van der Waals surface area contributed by atoms with Crippen molar-refractivity contribution in [3.05, 3.63) is 35.4 Å². The van der Waals surface area contributed by atoms with Crippen LogP contribution in [-0.2, 0) is 4.74 Å². The van der Waals surface area contributed by atoms with Crippen molar-refractivity contribution in [3.63, 3.8) is 0 Å². The molecule has 0 radical (unpaired) electrons. The summed E-state index contributed by atoms with van der Waals surface area (Å²) >= 11 is 0. The summed E-state index contributed by atoms with van der Waals surface area (Å²) in [5, 5.41) is 3.24. The molecule has 1 heterocycles. The van der Waals surface area contributed by atoms with E-state index in [9.17, 15) is 0 Å². The number of nitrogens with zero attached hydrogens (tertiary/aromatic N) is 1. The Morgan fingerprint density at radius 2 is 2.00 bits per heavy atom. The zero-order chi connectivity index (χ0) is 14.7. The Morgan fingerprint density at radius 3 is 2.68 bits per heavy atom. The van der Waals surface area contributed by atoms with Gasteiger partial charge in [-0.1, -0.05) is 29.8 Å². The second-order valence-corrected chi connectivity index (χ2v) is 6.25. The summed E-state index contributed by atoms with van der Waals surface area (Å²) in [5.74, 6) is 1.01. The van der Waals surface area contributed by atoms with Crippen molar-refractivity contribution in [1.82, 2.24) is 5.32 Å². The first-order valence-corrected chi connectivity index (χ1v) is 7.97. The number of rotatable bonds is 4. The third-order valence-corrected chi connectivity index (χ3v) is 4.28. The largest absolute Gasteiger partial charge is 0.373 e. The molecule has 122 valence electrons. The lowest BCUT2D eigenvalue weighted by molar-refractivity contribution is -0.0250. The molecule has 5 heteroatoms. The van der Waals surface area contributed by atoms with Crippen molar-refractivity contribution < 1.29 is 4.74 Å². The summed E-state index contributed by atoms with van der Waals surface area (Å²) in [6.07, 6.45) is 4.85. The van der Waals surface area contributed by atoms with Crippen LogP contribution < -0.4 is 11.1 Å². The monoisotopic (exact) mass is 415 g/mol. The van der Waals surface area contributed by atoms with E-state index in [1.165, 1.54) is 24.0 Å². The molecular weight excluding hydrogens is 389 g/mol. The highest BCUT2D eigenvalue weighted by Gasteiger charge is 2.27. The van der Waals surface area contributed by atoms with Crippen LogP contribution in [0.15, 0.2) is 29.3 Å². The number of guanidine groups is 1. The first-order chi connectivity index (χ1) is 10.2. The highest BCUT2D eigenvalue weighted by molar-refractivity contribution is 14.0. The van der Waals surface area contributed by atoms with E-state index in [2.05, 4.69) is 41.5 Å².